The molecule has 0 aromatic heterocycles. The van der Waals surface area contributed by atoms with Gasteiger partial charge >= 0.3 is 0 Å². The molecule has 4 heteroatoms. The number of carbonyl (C=O) groups excluding carboxylic acids is 1. The fourth-order valence-electron chi connectivity index (χ4n) is 2.05. The Kier molecular flexibility index (Phi) is 5.53. The fraction of sp³-hybridized carbons (Fsp3) is 0.278. The van der Waals surface area contributed by atoms with E-state index in [4.69, 9.17) is 4.74 Å². The number of carbonyl (C=O) groups is 1. The zero-order valence-corrected chi connectivity index (χ0v) is 12.8. The van der Waals surface area contributed by atoms with Crippen LogP contribution in [0.5, 0.6) is 5.75 Å². The number of hydrogen-bond acceptors (Lipinski definition) is 2. The molecule has 0 fully saturated rings. The average molecular weight is 301 g/mol. The van der Waals surface area contributed by atoms with Crippen molar-refractivity contribution in [3.63, 3.8) is 0 Å². The van der Waals surface area contributed by atoms with E-state index < -0.39 is 6.10 Å². The summed E-state index contributed by atoms with van der Waals surface area (Å²) in [6.45, 7) is 3.95. The van der Waals surface area contributed by atoms with E-state index in [1.807, 2.05) is 31.2 Å². The highest BCUT2D eigenvalue weighted by molar-refractivity contribution is 5.94. The van der Waals surface area contributed by atoms with Gasteiger partial charge in [-0.3, -0.25) is 4.79 Å². The van der Waals surface area contributed by atoms with Crippen LogP contribution >= 0.6 is 0 Å². The maximum atomic E-state index is 12.9. The first-order chi connectivity index (χ1) is 10.6. The molecule has 0 heterocycles. The van der Waals surface area contributed by atoms with Crippen LogP contribution in [0, 0.1) is 5.82 Å². The minimum absolute atomic E-state index is 0.212. The van der Waals surface area contributed by atoms with Gasteiger partial charge in [0, 0.05) is 5.69 Å². The average Bonchev–Trinajstić information content (AvgIpc) is 2.55. The standard InChI is InChI=1S/C18H20FNO2/c1-3-13-5-9-15(10-6-13)20-18(21)17(4-2)22-16-11-7-14(19)8-12-16/h5-12,17H,3-4H2,1-2H3,(H,20,21)/t17-/m0/s1. The zero-order valence-electron chi connectivity index (χ0n) is 12.8. The first-order valence-electron chi connectivity index (χ1n) is 7.44. The van der Waals surface area contributed by atoms with Gasteiger partial charge in [-0.1, -0.05) is 26.0 Å². The van der Waals surface area contributed by atoms with E-state index in [2.05, 4.69) is 12.2 Å². The maximum Gasteiger partial charge on any atom is 0.265 e. The fourth-order valence-corrected chi connectivity index (χ4v) is 2.05. The predicted molar refractivity (Wildman–Crippen MR) is 85.6 cm³/mol. The van der Waals surface area contributed by atoms with Crippen LogP contribution in [0.2, 0.25) is 0 Å². The number of halogens is 1. The third kappa shape index (κ3) is 4.32. The molecule has 0 saturated carbocycles. The summed E-state index contributed by atoms with van der Waals surface area (Å²) in [5.41, 5.74) is 1.95. The summed E-state index contributed by atoms with van der Waals surface area (Å²) in [6, 6.07) is 13.4. The number of ether oxygens (including phenoxy) is 1. The Morgan fingerprint density at radius 3 is 2.27 bits per heavy atom. The molecule has 0 radical (unpaired) electrons. The van der Waals surface area contributed by atoms with Crippen molar-refractivity contribution in [3.05, 3.63) is 59.9 Å². The van der Waals surface area contributed by atoms with Gasteiger partial charge in [0.1, 0.15) is 11.6 Å². The highest BCUT2D eigenvalue weighted by Gasteiger charge is 2.18. The number of benzene rings is 2. The SMILES string of the molecule is CCc1ccc(NC(=O)[C@H](CC)Oc2ccc(F)cc2)cc1. The van der Waals surface area contributed by atoms with Crippen molar-refractivity contribution in [2.75, 3.05) is 5.32 Å². The van der Waals surface area contributed by atoms with Crippen molar-refractivity contribution in [2.24, 2.45) is 0 Å². The van der Waals surface area contributed by atoms with Crippen LogP contribution in [0.4, 0.5) is 10.1 Å². The molecule has 0 aliphatic carbocycles. The molecule has 0 aliphatic heterocycles. The van der Waals surface area contributed by atoms with Crippen LogP contribution < -0.4 is 10.1 Å². The Balaban J connectivity index is 1.99. The molecule has 3 nitrogen and oxygen atoms in total. The summed E-state index contributed by atoms with van der Waals surface area (Å²) in [5.74, 6) is -0.0679. The molecule has 116 valence electrons. The second-order valence-corrected chi connectivity index (χ2v) is 5.01. The first-order valence-corrected chi connectivity index (χ1v) is 7.44. The molecular formula is C18H20FNO2. The molecule has 0 unspecified atom stereocenters. The summed E-state index contributed by atoms with van der Waals surface area (Å²) in [6.07, 6.45) is 0.867. The van der Waals surface area contributed by atoms with Crippen LogP contribution in [0.15, 0.2) is 48.5 Å². The molecule has 1 atom stereocenters. The Morgan fingerprint density at radius 1 is 1.09 bits per heavy atom. The summed E-state index contributed by atoms with van der Waals surface area (Å²) in [7, 11) is 0. The van der Waals surface area contributed by atoms with Gasteiger partial charge in [0.25, 0.3) is 5.91 Å². The third-order valence-electron chi connectivity index (χ3n) is 3.38. The van der Waals surface area contributed by atoms with E-state index in [1.165, 1.54) is 29.8 Å². The van der Waals surface area contributed by atoms with Gasteiger partial charge in [0.15, 0.2) is 6.10 Å². The highest BCUT2D eigenvalue weighted by atomic mass is 19.1. The van der Waals surface area contributed by atoms with Crippen LogP contribution in [0.1, 0.15) is 25.8 Å². The maximum absolute atomic E-state index is 12.9. The predicted octanol–water partition coefficient (Wildman–Crippen LogP) is 4.18. The van der Waals surface area contributed by atoms with E-state index in [0.29, 0.717) is 12.2 Å². The zero-order chi connectivity index (χ0) is 15.9. The van der Waals surface area contributed by atoms with Gasteiger partial charge in [-0.2, -0.15) is 0 Å². The van der Waals surface area contributed by atoms with E-state index in [0.717, 1.165) is 12.1 Å². The molecule has 2 aromatic carbocycles. The molecule has 0 spiro atoms. The van der Waals surface area contributed by atoms with Gasteiger partial charge in [-0.15, -0.1) is 0 Å². The van der Waals surface area contributed by atoms with Gasteiger partial charge in [0.05, 0.1) is 0 Å². The Bertz CT molecular complexity index is 608. The van der Waals surface area contributed by atoms with E-state index in [1.54, 1.807) is 0 Å². The first kappa shape index (κ1) is 16.0. The van der Waals surface area contributed by atoms with Gasteiger partial charge in [-0.05, 0) is 54.8 Å². The smallest absolute Gasteiger partial charge is 0.265 e. The highest BCUT2D eigenvalue weighted by Crippen LogP contribution is 2.16. The quantitative estimate of drug-likeness (QED) is 0.869. The Labute approximate surface area is 130 Å². The van der Waals surface area contributed by atoms with Crippen molar-refractivity contribution in [1.29, 1.82) is 0 Å². The van der Waals surface area contributed by atoms with E-state index in [-0.39, 0.29) is 11.7 Å². The van der Waals surface area contributed by atoms with Crippen molar-refractivity contribution in [3.8, 4) is 5.75 Å². The molecular weight excluding hydrogens is 281 g/mol. The minimum Gasteiger partial charge on any atom is -0.481 e. The van der Waals surface area contributed by atoms with Gasteiger partial charge in [-0.25, -0.2) is 4.39 Å². The number of anilines is 1. The van der Waals surface area contributed by atoms with Crippen molar-refractivity contribution in [1.82, 2.24) is 0 Å². The van der Waals surface area contributed by atoms with Crippen LogP contribution in [0.3, 0.4) is 0 Å². The number of amides is 1. The van der Waals surface area contributed by atoms with E-state index >= 15 is 0 Å². The molecule has 0 saturated heterocycles. The van der Waals surface area contributed by atoms with E-state index in [9.17, 15) is 9.18 Å². The topological polar surface area (TPSA) is 38.3 Å². The second-order valence-electron chi connectivity index (χ2n) is 5.01. The second kappa shape index (κ2) is 7.59. The summed E-state index contributed by atoms with van der Waals surface area (Å²) < 4.78 is 18.5. The normalized spacial score (nSPS) is 11.8. The molecule has 0 bridgehead atoms. The molecule has 1 amide bonds. The van der Waals surface area contributed by atoms with Crippen LogP contribution in [-0.2, 0) is 11.2 Å². The number of rotatable bonds is 6. The monoisotopic (exact) mass is 301 g/mol. The lowest BCUT2D eigenvalue weighted by Crippen LogP contribution is -2.32. The van der Waals surface area contributed by atoms with Gasteiger partial charge in [0.2, 0.25) is 0 Å². The number of hydrogen-bond donors (Lipinski definition) is 1. The molecule has 2 rings (SSSR count). The molecule has 0 aliphatic rings. The van der Waals surface area contributed by atoms with Crippen LogP contribution in [-0.4, -0.2) is 12.0 Å². The van der Waals surface area contributed by atoms with Crippen molar-refractivity contribution >= 4 is 11.6 Å². The third-order valence-corrected chi connectivity index (χ3v) is 3.38. The lowest BCUT2D eigenvalue weighted by molar-refractivity contribution is -0.122. The largest absolute Gasteiger partial charge is 0.481 e. The van der Waals surface area contributed by atoms with Crippen LogP contribution in [0.25, 0.3) is 0 Å². The summed E-state index contributed by atoms with van der Waals surface area (Å²) >= 11 is 0. The number of nitrogens with one attached hydrogen (secondary N) is 1. The Hall–Kier alpha value is -2.36. The van der Waals surface area contributed by atoms with Gasteiger partial charge < -0.3 is 10.1 Å². The molecule has 2 aromatic rings. The lowest BCUT2D eigenvalue weighted by Gasteiger charge is -2.17. The Morgan fingerprint density at radius 2 is 1.73 bits per heavy atom. The number of aryl methyl sites for hydroxylation is 1. The molecule has 1 N–H and O–H groups in total. The summed E-state index contributed by atoms with van der Waals surface area (Å²) in [5, 5.41) is 2.84. The van der Waals surface area contributed by atoms with Crippen molar-refractivity contribution in [2.45, 2.75) is 32.8 Å². The van der Waals surface area contributed by atoms with Crippen molar-refractivity contribution < 1.29 is 13.9 Å². The minimum atomic E-state index is -0.615. The lowest BCUT2D eigenvalue weighted by atomic mass is 10.1. The summed E-state index contributed by atoms with van der Waals surface area (Å²) in [4.78, 5) is 12.3. The molecule has 22 heavy (non-hydrogen) atoms.